The summed E-state index contributed by atoms with van der Waals surface area (Å²) in [5, 5.41) is 0. The van der Waals surface area contributed by atoms with Crippen molar-refractivity contribution in [2.24, 2.45) is 29.1 Å². The van der Waals surface area contributed by atoms with Gasteiger partial charge in [0.2, 0.25) is 0 Å². The number of carbonyl (C=O) groups is 3. The number of hydrogen-bond acceptors (Lipinski definition) is 6. The minimum absolute atomic E-state index is 0.160. The van der Waals surface area contributed by atoms with Crippen LogP contribution in [0.5, 0.6) is 0 Å². The van der Waals surface area contributed by atoms with Crippen molar-refractivity contribution in [1.82, 2.24) is 0 Å². The Hall–Kier alpha value is -4.97. The van der Waals surface area contributed by atoms with Crippen LogP contribution in [0.2, 0.25) is 0 Å². The number of rotatable bonds is 11. The lowest BCUT2D eigenvalue weighted by Gasteiger charge is -2.44. The zero-order valence-corrected chi connectivity index (χ0v) is 31.5. The van der Waals surface area contributed by atoms with E-state index in [1.807, 2.05) is 66.7 Å². The van der Waals surface area contributed by atoms with Crippen molar-refractivity contribution in [2.45, 2.75) is 89.9 Å². The maximum Gasteiger partial charge on any atom is 0.338 e. The predicted octanol–water partition coefficient (Wildman–Crippen LogP) is 10.7. The Morgan fingerprint density at radius 3 is 1.96 bits per heavy atom. The number of fused-ring (bicyclic) bond motifs is 1. The van der Waals surface area contributed by atoms with Gasteiger partial charge in [-0.05, 0) is 128 Å². The normalized spacial score (nSPS) is 28.0. The number of esters is 3. The Morgan fingerprint density at radius 2 is 1.35 bits per heavy atom. The molecule has 4 fully saturated rings. The fraction of sp³-hybridized carbons (Fsp3) is 0.396. The van der Waals surface area contributed by atoms with Gasteiger partial charge in [-0.15, -0.1) is 0 Å². The zero-order valence-electron chi connectivity index (χ0n) is 31.5. The van der Waals surface area contributed by atoms with Crippen LogP contribution >= 0.6 is 0 Å². The number of benzene rings is 3. The maximum absolute atomic E-state index is 13.2. The molecule has 4 aliphatic rings. The quantitative estimate of drug-likeness (QED) is 0.111. The SMILES string of the molecule is C=C1C(=CC=C2CCC[C@]3(C)[C@@H]([C@H](C)C=C[C@@H](OC(=O)c4ccccc4)C4CC4)CC[C@@H]23)C[C@@H](OC(=O)c2ccccc2)C[C@@H]1OC(=O)c1ccccc1. The van der Waals surface area contributed by atoms with Gasteiger partial charge in [-0.2, -0.15) is 0 Å². The van der Waals surface area contributed by atoms with Gasteiger partial charge in [0.05, 0.1) is 16.7 Å². The van der Waals surface area contributed by atoms with E-state index in [1.54, 1.807) is 24.3 Å². The Balaban J connectivity index is 1.06. The molecule has 0 N–H and O–H groups in total. The highest BCUT2D eigenvalue weighted by molar-refractivity contribution is 5.90. The van der Waals surface area contributed by atoms with Gasteiger partial charge in [0, 0.05) is 12.8 Å². The van der Waals surface area contributed by atoms with Crippen LogP contribution in [-0.2, 0) is 14.2 Å². The van der Waals surface area contributed by atoms with Crippen LogP contribution in [0.15, 0.2) is 139 Å². The molecular formula is C48H52O6. The molecule has 7 atom stereocenters. The smallest absolute Gasteiger partial charge is 0.338 e. The predicted molar refractivity (Wildman–Crippen MR) is 211 cm³/mol. The highest BCUT2D eigenvalue weighted by Crippen LogP contribution is 2.59. The van der Waals surface area contributed by atoms with Crippen LogP contribution in [0, 0.1) is 29.1 Å². The van der Waals surface area contributed by atoms with Crippen LogP contribution in [-0.4, -0.2) is 36.2 Å². The third-order valence-electron chi connectivity index (χ3n) is 12.4. The Morgan fingerprint density at radius 1 is 0.759 bits per heavy atom. The number of carbonyl (C=O) groups excluding carboxylic acids is 3. The first-order valence-corrected chi connectivity index (χ1v) is 19.7. The molecule has 0 radical (unpaired) electrons. The summed E-state index contributed by atoms with van der Waals surface area (Å²) >= 11 is 0. The summed E-state index contributed by atoms with van der Waals surface area (Å²) in [5.41, 5.74) is 4.87. The number of ether oxygens (including phenoxy) is 3. The highest BCUT2D eigenvalue weighted by atomic mass is 16.6. The van der Waals surface area contributed by atoms with Crippen LogP contribution in [0.25, 0.3) is 0 Å². The summed E-state index contributed by atoms with van der Waals surface area (Å²) in [5.74, 6) is 0.684. The highest BCUT2D eigenvalue weighted by Gasteiger charge is 2.50. The molecule has 280 valence electrons. The fourth-order valence-electron chi connectivity index (χ4n) is 9.25. The van der Waals surface area contributed by atoms with Crippen molar-refractivity contribution in [1.29, 1.82) is 0 Å². The molecule has 4 saturated carbocycles. The minimum Gasteiger partial charge on any atom is -0.458 e. The Bertz CT molecular complexity index is 1910. The van der Waals surface area contributed by atoms with Gasteiger partial charge < -0.3 is 14.2 Å². The Labute approximate surface area is 320 Å². The van der Waals surface area contributed by atoms with Crippen LogP contribution < -0.4 is 0 Å². The van der Waals surface area contributed by atoms with Crippen molar-refractivity contribution < 1.29 is 28.6 Å². The van der Waals surface area contributed by atoms with E-state index in [4.69, 9.17) is 14.2 Å². The first-order chi connectivity index (χ1) is 26.2. The van der Waals surface area contributed by atoms with E-state index in [9.17, 15) is 14.4 Å². The molecule has 0 unspecified atom stereocenters. The van der Waals surface area contributed by atoms with E-state index in [0.717, 1.165) is 49.7 Å². The second-order valence-electron chi connectivity index (χ2n) is 16.0. The molecule has 54 heavy (non-hydrogen) atoms. The molecule has 3 aromatic carbocycles. The van der Waals surface area contributed by atoms with Crippen LogP contribution in [0.1, 0.15) is 103 Å². The van der Waals surface area contributed by atoms with Gasteiger partial charge in [-0.25, -0.2) is 14.4 Å². The van der Waals surface area contributed by atoms with Gasteiger partial charge in [-0.1, -0.05) is 98.8 Å². The monoisotopic (exact) mass is 724 g/mol. The van der Waals surface area contributed by atoms with Gasteiger partial charge in [-0.3, -0.25) is 0 Å². The molecule has 0 bridgehead atoms. The largest absolute Gasteiger partial charge is 0.458 e. The summed E-state index contributed by atoms with van der Waals surface area (Å²) in [7, 11) is 0. The molecule has 6 nitrogen and oxygen atoms in total. The standard InChI is InChI=1S/C48H52O6/c1-32(21-28-43(35-23-24-35)53-46(50)37-16-9-5-10-17-37)41-26-27-42-34(20-13-29-48(41,42)3)22-25-39-30-40(52-45(49)36-14-7-4-8-15-36)31-44(33(39)2)54-47(51)38-18-11-6-12-19-38/h4-12,14-19,21-22,25,28,32,35,40-44H,2,13,20,23-24,26-27,29-31H2,1,3H3/t32-,40-,41-,42+,43-,44+,48-/m1/s1. The van der Waals surface area contributed by atoms with Crippen molar-refractivity contribution >= 4 is 17.9 Å². The molecule has 0 saturated heterocycles. The summed E-state index contributed by atoms with van der Waals surface area (Å²) in [6, 6.07) is 27.2. The summed E-state index contributed by atoms with van der Waals surface area (Å²) in [6.45, 7) is 9.22. The number of allylic oxidation sites excluding steroid dienone is 4. The van der Waals surface area contributed by atoms with E-state index in [-0.39, 0.29) is 23.5 Å². The molecule has 0 amide bonds. The molecular weight excluding hydrogens is 673 g/mol. The lowest BCUT2D eigenvalue weighted by Crippen LogP contribution is -2.35. The topological polar surface area (TPSA) is 78.9 Å². The van der Waals surface area contributed by atoms with E-state index in [2.05, 4.69) is 44.7 Å². The second kappa shape index (κ2) is 16.6. The maximum atomic E-state index is 13.2. The van der Waals surface area contributed by atoms with Gasteiger partial charge in [0.15, 0.2) is 0 Å². The van der Waals surface area contributed by atoms with E-state index >= 15 is 0 Å². The van der Waals surface area contributed by atoms with Crippen molar-refractivity contribution in [3.63, 3.8) is 0 Å². The van der Waals surface area contributed by atoms with E-state index in [0.29, 0.717) is 53.2 Å². The van der Waals surface area contributed by atoms with Gasteiger partial charge >= 0.3 is 17.9 Å². The van der Waals surface area contributed by atoms with E-state index < -0.39 is 18.2 Å². The summed E-state index contributed by atoms with van der Waals surface area (Å²) in [6.07, 6.45) is 16.4. The van der Waals surface area contributed by atoms with E-state index in [1.165, 1.54) is 12.0 Å². The molecule has 0 aromatic heterocycles. The first-order valence-electron chi connectivity index (χ1n) is 19.7. The summed E-state index contributed by atoms with van der Waals surface area (Å²) in [4.78, 5) is 39.2. The lowest BCUT2D eigenvalue weighted by molar-refractivity contribution is 0.00212. The van der Waals surface area contributed by atoms with Crippen LogP contribution in [0.4, 0.5) is 0 Å². The molecule has 0 spiro atoms. The molecule has 6 heteroatoms. The molecule has 7 rings (SSSR count). The van der Waals surface area contributed by atoms with Gasteiger partial charge in [0.25, 0.3) is 0 Å². The molecule has 0 heterocycles. The zero-order chi connectivity index (χ0) is 37.7. The van der Waals surface area contributed by atoms with Crippen LogP contribution in [0.3, 0.4) is 0 Å². The van der Waals surface area contributed by atoms with Crippen molar-refractivity contribution in [2.75, 3.05) is 0 Å². The average Bonchev–Trinajstić information content (AvgIpc) is 3.98. The second-order valence-corrected chi connectivity index (χ2v) is 16.0. The lowest BCUT2D eigenvalue weighted by atomic mass is 9.61. The minimum atomic E-state index is -0.615. The average molecular weight is 725 g/mol. The fourth-order valence-corrected chi connectivity index (χ4v) is 9.25. The van der Waals surface area contributed by atoms with Crippen molar-refractivity contribution in [3.05, 3.63) is 155 Å². The third-order valence-corrected chi connectivity index (χ3v) is 12.4. The number of hydrogen-bond donors (Lipinski definition) is 0. The first kappa shape index (κ1) is 37.3. The van der Waals surface area contributed by atoms with Crippen molar-refractivity contribution in [3.8, 4) is 0 Å². The molecule has 3 aromatic rings. The Kier molecular flexibility index (Phi) is 11.5. The van der Waals surface area contributed by atoms with Gasteiger partial charge in [0.1, 0.15) is 18.3 Å². The summed E-state index contributed by atoms with van der Waals surface area (Å²) < 4.78 is 18.1. The molecule has 0 aliphatic heterocycles. The third kappa shape index (κ3) is 8.54. The molecule has 4 aliphatic carbocycles.